The molecule has 146 valence electrons. The molecule has 7 heteroatoms. The van der Waals surface area contributed by atoms with Gasteiger partial charge in [0.05, 0.1) is 0 Å². The Kier molecular flexibility index (Phi) is 6.81. The number of anilines is 2. The second-order valence-corrected chi connectivity index (χ2v) is 6.91. The molecule has 0 bridgehead atoms. The summed E-state index contributed by atoms with van der Waals surface area (Å²) in [5.74, 6) is 0.761. The summed E-state index contributed by atoms with van der Waals surface area (Å²) in [5.41, 5.74) is 1.63. The van der Waals surface area contributed by atoms with Crippen molar-refractivity contribution in [3.63, 3.8) is 0 Å². The SMILES string of the molecule is CCN(CC)CCCNc1nnc(-c2ccc(NC(=O)C3CCC3)cc2)o1. The van der Waals surface area contributed by atoms with E-state index in [0.29, 0.717) is 11.9 Å². The molecule has 0 atom stereocenters. The molecule has 0 unspecified atom stereocenters. The van der Waals surface area contributed by atoms with Crippen LogP contribution >= 0.6 is 0 Å². The average Bonchev–Trinajstić information content (AvgIpc) is 3.10. The average molecular weight is 371 g/mol. The molecule has 1 aromatic carbocycles. The fourth-order valence-corrected chi connectivity index (χ4v) is 3.06. The van der Waals surface area contributed by atoms with E-state index in [-0.39, 0.29) is 11.8 Å². The zero-order chi connectivity index (χ0) is 19.1. The number of nitrogens with zero attached hydrogens (tertiary/aromatic N) is 3. The van der Waals surface area contributed by atoms with Gasteiger partial charge in [0.1, 0.15) is 0 Å². The molecule has 0 saturated heterocycles. The van der Waals surface area contributed by atoms with Crippen LogP contribution in [0, 0.1) is 5.92 Å². The molecule has 1 amide bonds. The fraction of sp³-hybridized carbons (Fsp3) is 0.550. The zero-order valence-corrected chi connectivity index (χ0v) is 16.2. The minimum absolute atomic E-state index is 0.114. The van der Waals surface area contributed by atoms with Gasteiger partial charge in [0, 0.05) is 23.7 Å². The smallest absolute Gasteiger partial charge is 0.315 e. The Labute approximate surface area is 160 Å². The van der Waals surface area contributed by atoms with Crippen molar-refractivity contribution in [2.24, 2.45) is 5.92 Å². The quantitative estimate of drug-likeness (QED) is 0.621. The Morgan fingerprint density at radius 1 is 1.19 bits per heavy atom. The molecule has 1 heterocycles. The number of hydrogen-bond acceptors (Lipinski definition) is 6. The molecule has 1 aliphatic carbocycles. The van der Waals surface area contributed by atoms with Gasteiger partial charge in [0.15, 0.2) is 0 Å². The second-order valence-electron chi connectivity index (χ2n) is 6.91. The molecule has 2 aromatic rings. The molecule has 1 fully saturated rings. The van der Waals surface area contributed by atoms with Crippen molar-refractivity contribution in [1.82, 2.24) is 15.1 Å². The first-order valence-electron chi connectivity index (χ1n) is 9.90. The normalized spacial score (nSPS) is 14.2. The van der Waals surface area contributed by atoms with E-state index < -0.39 is 0 Å². The Bertz CT molecular complexity index is 720. The van der Waals surface area contributed by atoms with Crippen molar-refractivity contribution in [1.29, 1.82) is 0 Å². The third kappa shape index (κ3) is 5.29. The summed E-state index contributed by atoms with van der Waals surface area (Å²) in [4.78, 5) is 14.4. The van der Waals surface area contributed by atoms with E-state index in [1.807, 2.05) is 24.3 Å². The van der Waals surface area contributed by atoms with Crippen LogP contribution in [0.4, 0.5) is 11.7 Å². The lowest BCUT2D eigenvalue weighted by atomic mass is 9.85. The molecule has 0 spiro atoms. The van der Waals surface area contributed by atoms with Crippen LogP contribution in [-0.2, 0) is 4.79 Å². The first-order chi connectivity index (χ1) is 13.2. The molecule has 27 heavy (non-hydrogen) atoms. The van der Waals surface area contributed by atoms with Gasteiger partial charge in [-0.25, -0.2) is 0 Å². The lowest BCUT2D eigenvalue weighted by Gasteiger charge is -2.24. The molecule has 1 aromatic heterocycles. The maximum atomic E-state index is 12.0. The molecule has 2 N–H and O–H groups in total. The number of benzene rings is 1. The molecular weight excluding hydrogens is 342 g/mol. The fourth-order valence-electron chi connectivity index (χ4n) is 3.06. The highest BCUT2D eigenvalue weighted by atomic mass is 16.4. The first-order valence-corrected chi connectivity index (χ1v) is 9.90. The van der Waals surface area contributed by atoms with Crippen molar-refractivity contribution in [3.8, 4) is 11.5 Å². The van der Waals surface area contributed by atoms with Gasteiger partial charge in [-0.1, -0.05) is 25.4 Å². The van der Waals surface area contributed by atoms with Crippen molar-refractivity contribution in [2.45, 2.75) is 39.5 Å². The third-order valence-corrected chi connectivity index (χ3v) is 5.12. The summed E-state index contributed by atoms with van der Waals surface area (Å²) in [6, 6.07) is 7.94. The number of amides is 1. The summed E-state index contributed by atoms with van der Waals surface area (Å²) in [7, 11) is 0. The van der Waals surface area contributed by atoms with Crippen LogP contribution in [0.15, 0.2) is 28.7 Å². The van der Waals surface area contributed by atoms with Gasteiger partial charge < -0.3 is 20.0 Å². The lowest BCUT2D eigenvalue weighted by Crippen LogP contribution is -2.27. The van der Waals surface area contributed by atoms with Crippen molar-refractivity contribution < 1.29 is 9.21 Å². The van der Waals surface area contributed by atoms with E-state index >= 15 is 0 Å². The number of aromatic nitrogens is 2. The Morgan fingerprint density at radius 2 is 1.93 bits per heavy atom. The highest BCUT2D eigenvalue weighted by Crippen LogP contribution is 2.28. The number of rotatable bonds is 10. The number of hydrogen-bond donors (Lipinski definition) is 2. The van der Waals surface area contributed by atoms with Crippen LogP contribution in [-0.4, -0.2) is 47.2 Å². The minimum Gasteiger partial charge on any atom is -0.403 e. The molecule has 0 radical (unpaired) electrons. The van der Waals surface area contributed by atoms with E-state index in [1.54, 1.807) is 0 Å². The van der Waals surface area contributed by atoms with Crippen LogP contribution in [0.3, 0.4) is 0 Å². The lowest BCUT2D eigenvalue weighted by molar-refractivity contribution is -0.122. The highest BCUT2D eigenvalue weighted by Gasteiger charge is 2.25. The topological polar surface area (TPSA) is 83.3 Å². The van der Waals surface area contributed by atoms with Crippen molar-refractivity contribution >= 4 is 17.6 Å². The monoisotopic (exact) mass is 371 g/mol. The molecule has 7 nitrogen and oxygen atoms in total. The van der Waals surface area contributed by atoms with E-state index in [2.05, 4.69) is 39.6 Å². The molecular formula is C20H29N5O2. The maximum Gasteiger partial charge on any atom is 0.315 e. The number of nitrogens with one attached hydrogen (secondary N) is 2. The Hall–Kier alpha value is -2.41. The largest absolute Gasteiger partial charge is 0.403 e. The molecule has 1 aliphatic rings. The van der Waals surface area contributed by atoms with Crippen LogP contribution in [0.25, 0.3) is 11.5 Å². The molecule has 1 saturated carbocycles. The maximum absolute atomic E-state index is 12.0. The predicted molar refractivity (Wildman–Crippen MR) is 107 cm³/mol. The molecule has 3 rings (SSSR count). The van der Waals surface area contributed by atoms with Crippen molar-refractivity contribution in [2.75, 3.05) is 36.8 Å². The third-order valence-electron chi connectivity index (χ3n) is 5.12. The van der Waals surface area contributed by atoms with Gasteiger partial charge in [0.25, 0.3) is 0 Å². The van der Waals surface area contributed by atoms with E-state index in [0.717, 1.165) is 63.1 Å². The zero-order valence-electron chi connectivity index (χ0n) is 16.2. The second kappa shape index (κ2) is 9.50. The Morgan fingerprint density at radius 3 is 2.56 bits per heavy atom. The van der Waals surface area contributed by atoms with E-state index in [9.17, 15) is 4.79 Å². The predicted octanol–water partition coefficient (Wildman–Crippen LogP) is 3.62. The number of carbonyl (C=O) groups excluding carboxylic acids is 1. The van der Waals surface area contributed by atoms with Crippen LogP contribution < -0.4 is 10.6 Å². The van der Waals surface area contributed by atoms with Gasteiger partial charge in [-0.05, 0) is 63.2 Å². The Balaban J connectivity index is 1.48. The summed E-state index contributed by atoms with van der Waals surface area (Å²) in [6.07, 6.45) is 4.17. The van der Waals surface area contributed by atoms with Crippen LogP contribution in [0.2, 0.25) is 0 Å². The van der Waals surface area contributed by atoms with Gasteiger partial charge in [-0.3, -0.25) is 4.79 Å². The van der Waals surface area contributed by atoms with Gasteiger partial charge >= 0.3 is 6.01 Å². The summed E-state index contributed by atoms with van der Waals surface area (Å²) < 4.78 is 5.68. The molecule has 0 aliphatic heterocycles. The standard InChI is InChI=1S/C20H29N5O2/c1-3-25(4-2)14-6-13-21-20-24-23-19(27-20)16-9-11-17(12-10-16)22-18(26)15-7-5-8-15/h9-12,15H,3-8,13-14H2,1-2H3,(H,21,24)(H,22,26). The van der Waals surface area contributed by atoms with Crippen LogP contribution in [0.5, 0.6) is 0 Å². The minimum atomic E-state index is 0.114. The van der Waals surface area contributed by atoms with Crippen molar-refractivity contribution in [3.05, 3.63) is 24.3 Å². The van der Waals surface area contributed by atoms with Gasteiger partial charge in [-0.15, -0.1) is 5.10 Å². The first kappa shape index (κ1) is 19.4. The highest BCUT2D eigenvalue weighted by molar-refractivity contribution is 5.93. The van der Waals surface area contributed by atoms with E-state index in [4.69, 9.17) is 4.42 Å². The summed E-state index contributed by atoms with van der Waals surface area (Å²) in [6.45, 7) is 8.33. The summed E-state index contributed by atoms with van der Waals surface area (Å²) in [5, 5.41) is 14.3. The number of carbonyl (C=O) groups is 1. The summed E-state index contributed by atoms with van der Waals surface area (Å²) >= 11 is 0. The van der Waals surface area contributed by atoms with Crippen LogP contribution in [0.1, 0.15) is 39.5 Å². The van der Waals surface area contributed by atoms with Gasteiger partial charge in [-0.2, -0.15) is 0 Å². The van der Waals surface area contributed by atoms with E-state index in [1.165, 1.54) is 0 Å². The van der Waals surface area contributed by atoms with Gasteiger partial charge in [0.2, 0.25) is 11.8 Å².